The molecule has 7 nitrogen and oxygen atoms in total. The van der Waals surface area contributed by atoms with E-state index in [1.54, 1.807) is 11.5 Å². The lowest BCUT2D eigenvalue weighted by molar-refractivity contribution is -0.0365. The van der Waals surface area contributed by atoms with Gasteiger partial charge in [0.05, 0.1) is 17.3 Å². The maximum Gasteiger partial charge on any atom is 0.180 e. The molecule has 0 bridgehead atoms. The number of hydrogen-bond acceptors (Lipinski definition) is 6. The molecule has 0 saturated carbocycles. The highest BCUT2D eigenvalue weighted by Crippen LogP contribution is 2.34. The largest absolute Gasteiger partial charge is 0.491 e. The summed E-state index contributed by atoms with van der Waals surface area (Å²) in [5, 5.41) is 7.44. The van der Waals surface area contributed by atoms with Gasteiger partial charge in [0.25, 0.3) is 0 Å². The molecule has 1 atom stereocenters. The van der Waals surface area contributed by atoms with E-state index in [1.807, 2.05) is 36.7 Å². The van der Waals surface area contributed by atoms with Crippen molar-refractivity contribution in [1.29, 1.82) is 0 Å². The van der Waals surface area contributed by atoms with E-state index in [4.69, 9.17) is 21.0 Å². The van der Waals surface area contributed by atoms with Crippen LogP contribution < -0.4 is 10.0 Å². The first-order chi connectivity index (χ1) is 14.6. The number of nitrogens with zero attached hydrogens (tertiary/aromatic N) is 4. The van der Waals surface area contributed by atoms with Crippen molar-refractivity contribution in [2.24, 2.45) is 0 Å². The zero-order valence-electron chi connectivity index (χ0n) is 17.9. The molecule has 2 fully saturated rings. The molecule has 1 N–H and O–H groups in total. The quantitative estimate of drug-likeness (QED) is 0.712. The van der Waals surface area contributed by atoms with Gasteiger partial charge < -0.3 is 14.8 Å². The fourth-order valence-electron chi connectivity index (χ4n) is 3.93. The van der Waals surface area contributed by atoms with Crippen LogP contribution in [0.25, 0.3) is 22.4 Å². The van der Waals surface area contributed by atoms with Crippen LogP contribution in [0.15, 0.2) is 30.5 Å². The van der Waals surface area contributed by atoms with E-state index in [1.165, 1.54) is 0 Å². The Kier molecular flexibility index (Phi) is 4.62. The average molecular weight is 394 g/mol. The summed E-state index contributed by atoms with van der Waals surface area (Å²) < 4.78 is 21.6. The summed E-state index contributed by atoms with van der Waals surface area (Å²) in [5.41, 5.74) is 2.72. The fraction of sp³-hybridized carbons (Fsp3) is 0.500. The van der Waals surface area contributed by atoms with E-state index in [0.29, 0.717) is 18.9 Å². The Morgan fingerprint density at radius 2 is 2.17 bits per heavy atom. The molecule has 0 amide bonds. The van der Waals surface area contributed by atoms with Crippen LogP contribution in [0.5, 0.6) is 5.75 Å². The first-order valence-corrected chi connectivity index (χ1v) is 10.5. The summed E-state index contributed by atoms with van der Waals surface area (Å²) in [7, 11) is 0. The minimum atomic E-state index is -0.0708. The molecule has 1 unspecified atom stereocenters. The molecule has 0 aliphatic carbocycles. The van der Waals surface area contributed by atoms with Crippen LogP contribution in [0.4, 0.5) is 0 Å². The van der Waals surface area contributed by atoms with Gasteiger partial charge in [0.15, 0.2) is 12.1 Å². The van der Waals surface area contributed by atoms with Gasteiger partial charge in [-0.25, -0.2) is 14.6 Å². The maximum atomic E-state index is 7.66. The fourth-order valence-corrected chi connectivity index (χ4v) is 3.93. The number of aromatic nitrogens is 4. The molecule has 4 heterocycles. The molecule has 0 spiro atoms. The number of nitrogens with one attached hydrogen (secondary N) is 1. The first-order valence-electron chi connectivity index (χ1n) is 10.9. The Bertz CT molecular complexity index is 1040. The van der Waals surface area contributed by atoms with Crippen molar-refractivity contribution in [2.45, 2.75) is 51.4 Å². The Labute approximate surface area is 171 Å². The van der Waals surface area contributed by atoms with Gasteiger partial charge in [-0.05, 0) is 57.4 Å². The molecule has 5 rings (SSSR count). The summed E-state index contributed by atoms with van der Waals surface area (Å²) in [6.45, 7) is 6.20. The van der Waals surface area contributed by atoms with Crippen molar-refractivity contribution >= 4 is 10.9 Å². The normalized spacial score (nSPS) is 21.3. The smallest absolute Gasteiger partial charge is 0.180 e. The lowest BCUT2D eigenvalue weighted by atomic mass is 9.99. The van der Waals surface area contributed by atoms with Gasteiger partial charge in [-0.15, -0.1) is 0 Å². The monoisotopic (exact) mass is 394 g/mol. The highest BCUT2D eigenvalue weighted by molar-refractivity contribution is 5.92. The van der Waals surface area contributed by atoms with E-state index in [0.717, 1.165) is 53.9 Å². The van der Waals surface area contributed by atoms with Gasteiger partial charge in [0, 0.05) is 37.2 Å². The molecular formula is C22H27N5O2. The highest BCUT2D eigenvalue weighted by atomic mass is 16.5. The molecular weight excluding hydrogens is 366 g/mol. The predicted octanol–water partition coefficient (Wildman–Crippen LogP) is 3.67. The summed E-state index contributed by atoms with van der Waals surface area (Å²) in [5.74, 6) is 1.69. The second kappa shape index (κ2) is 7.72. The number of fused-ring (bicyclic) bond motifs is 1. The molecule has 2 saturated heterocycles. The molecule has 2 aliphatic rings. The summed E-state index contributed by atoms with van der Waals surface area (Å²) >= 11 is 0. The number of rotatable bonds is 5. The lowest BCUT2D eigenvalue weighted by Gasteiger charge is -2.26. The van der Waals surface area contributed by atoms with Crippen molar-refractivity contribution in [3.63, 3.8) is 0 Å². The maximum absolute atomic E-state index is 7.66. The number of benzene rings is 1. The second-order valence-corrected chi connectivity index (χ2v) is 8.05. The highest BCUT2D eigenvalue weighted by Gasteiger charge is 2.25. The van der Waals surface area contributed by atoms with E-state index in [-0.39, 0.29) is 18.2 Å². The summed E-state index contributed by atoms with van der Waals surface area (Å²) in [4.78, 5) is 9.36. The second-order valence-electron chi connectivity index (χ2n) is 8.05. The molecule has 2 aliphatic heterocycles. The molecule has 152 valence electrons. The average Bonchev–Trinajstić information content (AvgIpc) is 3.11. The summed E-state index contributed by atoms with van der Waals surface area (Å²) in [6, 6.07) is 8.01. The topological polar surface area (TPSA) is 74.1 Å². The standard InChI is InChI=1S/C22H27N5O2/c1-14(2)29-16-6-7-19-17(11-16)21(26-27(19)20-5-3-4-10-28-20)22-24-9-8-18(25-22)15-12-23-13-15/h6-9,11,14-15,20,23H,3-5,10,12-13H2,1-2H3/i/hD. The van der Waals surface area contributed by atoms with Crippen LogP contribution in [-0.2, 0) is 4.74 Å². The molecule has 1 aromatic carbocycles. The molecule has 3 aromatic rings. The number of ether oxygens (including phenoxy) is 2. The van der Waals surface area contributed by atoms with Gasteiger partial charge in [-0.3, -0.25) is 0 Å². The van der Waals surface area contributed by atoms with E-state index in [2.05, 4.69) is 11.1 Å². The van der Waals surface area contributed by atoms with Gasteiger partial charge in [0.1, 0.15) is 12.9 Å². The van der Waals surface area contributed by atoms with Crippen LogP contribution >= 0.6 is 0 Å². The van der Waals surface area contributed by atoms with Crippen molar-refractivity contribution in [1.82, 2.24) is 25.1 Å². The van der Waals surface area contributed by atoms with Crippen molar-refractivity contribution in [3.05, 3.63) is 36.2 Å². The first kappa shape index (κ1) is 17.4. The molecule has 0 radical (unpaired) electrons. The Morgan fingerprint density at radius 1 is 1.28 bits per heavy atom. The number of hydrogen-bond donors (Lipinski definition) is 1. The SMILES string of the molecule is [2H]N1CC(c2ccnc(-c3nn(C4CCCCO4)c4ccc(OC(C)C)cc34)n2)C1. The van der Waals surface area contributed by atoms with Gasteiger partial charge in [-0.1, -0.05) is 0 Å². The van der Waals surface area contributed by atoms with Crippen molar-refractivity contribution < 1.29 is 10.9 Å². The molecule has 2 aromatic heterocycles. The molecule has 7 heteroatoms. The van der Waals surface area contributed by atoms with E-state index < -0.39 is 0 Å². The van der Waals surface area contributed by atoms with Crippen LogP contribution in [0.1, 0.15) is 50.9 Å². The van der Waals surface area contributed by atoms with Crippen molar-refractivity contribution in [3.8, 4) is 17.3 Å². The Balaban J connectivity index is 1.60. The van der Waals surface area contributed by atoms with Crippen LogP contribution in [0.3, 0.4) is 0 Å². The predicted molar refractivity (Wildman–Crippen MR) is 111 cm³/mol. The van der Waals surface area contributed by atoms with Crippen LogP contribution in [0.2, 0.25) is 1.41 Å². The third kappa shape index (κ3) is 3.60. The third-order valence-electron chi connectivity index (χ3n) is 5.48. The van der Waals surface area contributed by atoms with Crippen molar-refractivity contribution in [2.75, 3.05) is 19.7 Å². The minimum Gasteiger partial charge on any atom is -0.491 e. The van der Waals surface area contributed by atoms with Gasteiger partial charge in [-0.2, -0.15) is 5.10 Å². The zero-order chi connectivity index (χ0) is 20.7. The van der Waals surface area contributed by atoms with Gasteiger partial charge >= 0.3 is 0 Å². The Hall–Kier alpha value is -2.51. The van der Waals surface area contributed by atoms with E-state index >= 15 is 0 Å². The Morgan fingerprint density at radius 3 is 2.93 bits per heavy atom. The zero-order valence-corrected chi connectivity index (χ0v) is 16.9. The third-order valence-corrected chi connectivity index (χ3v) is 5.48. The van der Waals surface area contributed by atoms with E-state index in [9.17, 15) is 0 Å². The van der Waals surface area contributed by atoms with Crippen LogP contribution in [0, 0.1) is 0 Å². The minimum absolute atomic E-state index is 0.0708. The summed E-state index contributed by atoms with van der Waals surface area (Å²) in [6.07, 6.45) is 4.98. The molecule has 29 heavy (non-hydrogen) atoms. The van der Waals surface area contributed by atoms with Crippen LogP contribution in [-0.4, -0.2) is 45.5 Å². The lowest BCUT2D eigenvalue weighted by Crippen LogP contribution is -2.40. The van der Waals surface area contributed by atoms with Gasteiger partial charge in [0.2, 0.25) is 0 Å².